The quantitative estimate of drug-likeness (QED) is 0.619. The van der Waals surface area contributed by atoms with Crippen molar-refractivity contribution in [3.63, 3.8) is 0 Å². The molecule has 0 aliphatic heterocycles. The summed E-state index contributed by atoms with van der Waals surface area (Å²) < 4.78 is 4.69. The number of esters is 1. The summed E-state index contributed by atoms with van der Waals surface area (Å²) in [5.41, 5.74) is 2.07. The van der Waals surface area contributed by atoms with Crippen molar-refractivity contribution in [2.24, 2.45) is 0 Å². The van der Waals surface area contributed by atoms with E-state index in [0.29, 0.717) is 10.9 Å². The molecule has 0 amide bonds. The lowest BCUT2D eigenvalue weighted by molar-refractivity contribution is -0.116. The Balaban J connectivity index is 3.04. The van der Waals surface area contributed by atoms with Gasteiger partial charge in [0.25, 0.3) is 0 Å². The predicted molar refractivity (Wildman–Crippen MR) is 69.8 cm³/mol. The number of Topliss-reactive ketones (excluding diaryl/α,β-unsaturated/α-hetero) is 1. The monoisotopic (exact) mass is 318 g/mol. The van der Waals surface area contributed by atoms with Gasteiger partial charge in [0.1, 0.15) is 0 Å². The molecular weight excluding hydrogens is 307 g/mol. The highest BCUT2D eigenvalue weighted by molar-refractivity contribution is 9.08. The maximum Gasteiger partial charge on any atom is 0.338 e. The molecule has 5 heteroatoms. The molecule has 0 radical (unpaired) electrons. The number of ether oxygens (including phenoxy) is 1. The van der Waals surface area contributed by atoms with E-state index in [4.69, 9.17) is 16.3 Å². The first-order valence-electron chi connectivity index (χ1n) is 4.96. The fraction of sp³-hybridized carbons (Fsp3) is 0.333. The molecule has 1 aromatic carbocycles. The Bertz CT molecular complexity index is 432. The number of rotatable bonds is 5. The molecule has 17 heavy (non-hydrogen) atoms. The molecular formula is C12H12BrClO3. The number of ketones is 1. The Kier molecular flexibility index (Phi) is 5.65. The number of halogens is 2. The van der Waals surface area contributed by atoms with Gasteiger partial charge in [-0.3, -0.25) is 4.79 Å². The van der Waals surface area contributed by atoms with Crippen LogP contribution in [-0.2, 0) is 21.3 Å². The van der Waals surface area contributed by atoms with Gasteiger partial charge in [-0.25, -0.2) is 4.79 Å². The third kappa shape index (κ3) is 3.82. The van der Waals surface area contributed by atoms with Crippen molar-refractivity contribution in [1.29, 1.82) is 0 Å². The van der Waals surface area contributed by atoms with E-state index < -0.39 is 5.97 Å². The van der Waals surface area contributed by atoms with E-state index in [0.717, 1.165) is 11.1 Å². The van der Waals surface area contributed by atoms with E-state index in [9.17, 15) is 9.59 Å². The zero-order chi connectivity index (χ0) is 12.8. The molecule has 0 N–H and O–H groups in total. The number of methoxy groups -OCH3 is 1. The van der Waals surface area contributed by atoms with Crippen LogP contribution in [0.15, 0.2) is 18.2 Å². The number of carbonyl (C=O) groups is 2. The first-order valence-corrected chi connectivity index (χ1v) is 6.61. The summed E-state index contributed by atoms with van der Waals surface area (Å²) in [6.07, 6.45) is 0.232. The molecule has 0 fully saturated rings. The Morgan fingerprint density at radius 1 is 1.41 bits per heavy atom. The Labute approximate surface area is 113 Å². The fourth-order valence-electron chi connectivity index (χ4n) is 1.42. The second-order valence-electron chi connectivity index (χ2n) is 3.47. The zero-order valence-corrected chi connectivity index (χ0v) is 11.7. The number of carbonyl (C=O) groups excluding carboxylic acids is 2. The van der Waals surface area contributed by atoms with Crippen molar-refractivity contribution in [1.82, 2.24) is 0 Å². The molecule has 92 valence electrons. The normalized spacial score (nSPS) is 10.1. The fourth-order valence-corrected chi connectivity index (χ4v) is 2.01. The van der Waals surface area contributed by atoms with Gasteiger partial charge in [-0.05, 0) is 17.2 Å². The molecule has 0 aliphatic rings. The second kappa shape index (κ2) is 6.77. The van der Waals surface area contributed by atoms with Crippen LogP contribution < -0.4 is 0 Å². The average molecular weight is 320 g/mol. The molecule has 0 atom stereocenters. The third-order valence-corrected chi connectivity index (χ3v) is 3.18. The van der Waals surface area contributed by atoms with Crippen LogP contribution >= 0.6 is 27.5 Å². The van der Waals surface area contributed by atoms with Crippen LogP contribution in [0.2, 0.25) is 0 Å². The van der Waals surface area contributed by atoms with E-state index in [2.05, 4.69) is 15.9 Å². The molecule has 0 heterocycles. The summed E-state index contributed by atoms with van der Waals surface area (Å²) in [6.45, 7) is 0. The molecule has 0 unspecified atom stereocenters. The molecule has 0 spiro atoms. The predicted octanol–water partition coefficient (Wildman–Crippen LogP) is 2.72. The summed E-state index contributed by atoms with van der Waals surface area (Å²) in [7, 11) is 1.33. The Morgan fingerprint density at radius 3 is 2.65 bits per heavy atom. The minimum atomic E-state index is -0.403. The smallest absolute Gasteiger partial charge is 0.338 e. The number of alkyl halides is 2. The minimum absolute atomic E-state index is 0.0201. The number of hydrogen-bond acceptors (Lipinski definition) is 3. The third-order valence-electron chi connectivity index (χ3n) is 2.27. The maximum atomic E-state index is 11.5. The molecule has 1 aromatic rings. The summed E-state index contributed by atoms with van der Waals surface area (Å²) in [5, 5.41) is 0.557. The molecule has 0 aromatic heterocycles. The van der Waals surface area contributed by atoms with Crippen LogP contribution in [-0.4, -0.2) is 24.7 Å². The van der Waals surface area contributed by atoms with Gasteiger partial charge in [-0.1, -0.05) is 28.1 Å². The number of benzene rings is 1. The topological polar surface area (TPSA) is 43.4 Å². The van der Waals surface area contributed by atoms with Gasteiger partial charge in [0.15, 0.2) is 5.78 Å². The van der Waals surface area contributed by atoms with Gasteiger partial charge in [0, 0.05) is 11.8 Å². The molecule has 0 saturated carbocycles. The van der Waals surface area contributed by atoms with Crippen LogP contribution in [0.1, 0.15) is 21.5 Å². The molecule has 1 rings (SSSR count). The van der Waals surface area contributed by atoms with Gasteiger partial charge in [0.2, 0.25) is 0 Å². The van der Waals surface area contributed by atoms with Crippen molar-refractivity contribution in [2.45, 2.75) is 11.8 Å². The van der Waals surface area contributed by atoms with Crippen LogP contribution in [0, 0.1) is 0 Å². The summed E-state index contributed by atoms with van der Waals surface area (Å²) in [4.78, 5) is 22.8. The van der Waals surface area contributed by atoms with Crippen molar-refractivity contribution in [2.75, 3.05) is 13.0 Å². The van der Waals surface area contributed by atoms with Gasteiger partial charge in [-0.15, -0.1) is 11.6 Å². The van der Waals surface area contributed by atoms with Crippen LogP contribution in [0.5, 0.6) is 0 Å². The lowest BCUT2D eigenvalue weighted by Gasteiger charge is -2.07. The largest absolute Gasteiger partial charge is 0.465 e. The standard InChI is InChI=1S/C12H12BrClO3/c1-17-12(16)11-5-8(4-10(15)7-14)2-3-9(11)6-13/h2-3,5H,4,6-7H2,1H3. The summed E-state index contributed by atoms with van der Waals surface area (Å²) in [6, 6.07) is 5.29. The minimum Gasteiger partial charge on any atom is -0.465 e. The van der Waals surface area contributed by atoms with Crippen molar-refractivity contribution in [3.05, 3.63) is 34.9 Å². The number of hydrogen-bond donors (Lipinski definition) is 0. The van der Waals surface area contributed by atoms with E-state index in [-0.39, 0.29) is 18.1 Å². The first kappa shape index (κ1) is 14.2. The summed E-state index contributed by atoms with van der Waals surface area (Å²) >= 11 is 8.74. The lowest BCUT2D eigenvalue weighted by atomic mass is 10.0. The first-order chi connectivity index (χ1) is 8.12. The molecule has 0 aliphatic carbocycles. The zero-order valence-electron chi connectivity index (χ0n) is 9.33. The second-order valence-corrected chi connectivity index (χ2v) is 4.29. The SMILES string of the molecule is COC(=O)c1cc(CC(=O)CCl)ccc1CBr. The average Bonchev–Trinajstić information content (AvgIpc) is 2.37. The van der Waals surface area contributed by atoms with Crippen molar-refractivity contribution < 1.29 is 14.3 Å². The van der Waals surface area contributed by atoms with Gasteiger partial charge in [-0.2, -0.15) is 0 Å². The Hall–Kier alpha value is -0.870. The highest BCUT2D eigenvalue weighted by atomic mass is 79.9. The van der Waals surface area contributed by atoms with Crippen molar-refractivity contribution >= 4 is 39.3 Å². The van der Waals surface area contributed by atoms with Gasteiger partial charge < -0.3 is 4.74 Å². The van der Waals surface area contributed by atoms with Crippen LogP contribution in [0.25, 0.3) is 0 Å². The maximum absolute atomic E-state index is 11.5. The van der Waals surface area contributed by atoms with E-state index in [1.807, 2.05) is 6.07 Å². The Morgan fingerprint density at radius 2 is 2.12 bits per heavy atom. The summed E-state index contributed by atoms with van der Waals surface area (Å²) in [5.74, 6) is -0.498. The van der Waals surface area contributed by atoms with Crippen LogP contribution in [0.3, 0.4) is 0 Å². The van der Waals surface area contributed by atoms with E-state index >= 15 is 0 Å². The van der Waals surface area contributed by atoms with Crippen LogP contribution in [0.4, 0.5) is 0 Å². The van der Waals surface area contributed by atoms with Crippen molar-refractivity contribution in [3.8, 4) is 0 Å². The molecule has 0 saturated heterocycles. The highest BCUT2D eigenvalue weighted by Gasteiger charge is 2.13. The van der Waals surface area contributed by atoms with E-state index in [1.54, 1.807) is 12.1 Å². The lowest BCUT2D eigenvalue weighted by Crippen LogP contribution is -2.08. The molecule has 0 bridgehead atoms. The molecule has 3 nitrogen and oxygen atoms in total. The van der Waals surface area contributed by atoms with Gasteiger partial charge in [0.05, 0.1) is 18.6 Å². The van der Waals surface area contributed by atoms with Gasteiger partial charge >= 0.3 is 5.97 Å². The highest BCUT2D eigenvalue weighted by Crippen LogP contribution is 2.17. The van der Waals surface area contributed by atoms with E-state index in [1.165, 1.54) is 7.11 Å².